The van der Waals surface area contributed by atoms with Crippen molar-refractivity contribution < 1.29 is 18.3 Å². The van der Waals surface area contributed by atoms with Gasteiger partial charge in [-0.15, -0.1) is 4.40 Å². The number of carbonyl (C=O) groups is 1. The number of aryl methyl sites for hydroxylation is 2. The van der Waals surface area contributed by atoms with Crippen molar-refractivity contribution in [2.75, 3.05) is 5.32 Å². The molecule has 0 spiro atoms. The van der Waals surface area contributed by atoms with E-state index in [0.717, 1.165) is 17.3 Å². The fraction of sp³-hybridized carbons (Fsp3) is 0.385. The molecule has 1 aromatic carbocycles. The van der Waals surface area contributed by atoms with E-state index in [0.29, 0.717) is 17.7 Å². The van der Waals surface area contributed by atoms with Gasteiger partial charge in [-0.25, -0.2) is 0 Å². The van der Waals surface area contributed by atoms with Gasteiger partial charge in [0.2, 0.25) is 0 Å². The molecule has 0 radical (unpaired) electrons. The summed E-state index contributed by atoms with van der Waals surface area (Å²) < 4.78 is 28.2. The van der Waals surface area contributed by atoms with E-state index in [9.17, 15) is 13.2 Å². The maximum atomic E-state index is 12.3. The average molecular weight is 328 g/mol. The SMILES string of the molecule is CCC(SC1=NS(=O)(=O)c2c(C)cc(C)cc2N1)C(=O)O. The molecule has 1 aromatic rings. The molecule has 1 aliphatic rings. The number of benzene rings is 1. The summed E-state index contributed by atoms with van der Waals surface area (Å²) in [6.07, 6.45) is 0.375. The molecule has 2 N–H and O–H groups in total. The Balaban J connectivity index is 2.43. The molecule has 0 bridgehead atoms. The van der Waals surface area contributed by atoms with Crippen LogP contribution in [0.15, 0.2) is 21.4 Å². The monoisotopic (exact) mass is 328 g/mol. The number of thioether (sulfide) groups is 1. The maximum absolute atomic E-state index is 12.3. The summed E-state index contributed by atoms with van der Waals surface area (Å²) in [7, 11) is -3.81. The fourth-order valence-corrected chi connectivity index (χ4v) is 4.56. The smallest absolute Gasteiger partial charge is 0.317 e. The van der Waals surface area contributed by atoms with E-state index in [1.807, 2.05) is 6.92 Å². The molecule has 0 saturated carbocycles. The van der Waals surface area contributed by atoms with Crippen LogP contribution in [-0.4, -0.2) is 29.9 Å². The lowest BCUT2D eigenvalue weighted by molar-refractivity contribution is -0.136. The molecule has 114 valence electrons. The highest BCUT2D eigenvalue weighted by atomic mass is 32.2. The summed E-state index contributed by atoms with van der Waals surface area (Å²) in [5.41, 5.74) is 1.99. The molecule has 2 rings (SSSR count). The Hall–Kier alpha value is -1.54. The van der Waals surface area contributed by atoms with E-state index in [-0.39, 0.29) is 10.1 Å². The van der Waals surface area contributed by atoms with E-state index in [4.69, 9.17) is 5.11 Å². The van der Waals surface area contributed by atoms with E-state index in [1.165, 1.54) is 0 Å². The normalized spacial score (nSPS) is 17.4. The molecule has 1 unspecified atom stereocenters. The molecule has 1 aliphatic heterocycles. The highest BCUT2D eigenvalue weighted by Gasteiger charge is 2.29. The van der Waals surface area contributed by atoms with Crippen LogP contribution in [0.2, 0.25) is 0 Å². The molecular weight excluding hydrogens is 312 g/mol. The van der Waals surface area contributed by atoms with Crippen LogP contribution in [0.3, 0.4) is 0 Å². The predicted molar refractivity (Wildman–Crippen MR) is 83.5 cm³/mol. The van der Waals surface area contributed by atoms with Gasteiger partial charge in [0.15, 0.2) is 5.17 Å². The summed E-state index contributed by atoms with van der Waals surface area (Å²) in [6.45, 7) is 5.31. The zero-order valence-electron chi connectivity index (χ0n) is 11.9. The van der Waals surface area contributed by atoms with Crippen LogP contribution in [-0.2, 0) is 14.8 Å². The maximum Gasteiger partial charge on any atom is 0.317 e. The van der Waals surface area contributed by atoms with Crippen LogP contribution in [0.1, 0.15) is 24.5 Å². The van der Waals surface area contributed by atoms with Crippen molar-refractivity contribution in [2.45, 2.75) is 37.3 Å². The third kappa shape index (κ3) is 3.21. The van der Waals surface area contributed by atoms with Crippen molar-refractivity contribution in [3.05, 3.63) is 23.3 Å². The Morgan fingerprint density at radius 3 is 2.67 bits per heavy atom. The third-order valence-corrected chi connectivity index (χ3v) is 5.85. The molecular formula is C13H16N2O4S2. The van der Waals surface area contributed by atoms with Gasteiger partial charge in [0.25, 0.3) is 10.0 Å². The highest BCUT2D eigenvalue weighted by Crippen LogP contribution is 2.34. The highest BCUT2D eigenvalue weighted by molar-refractivity contribution is 8.15. The van der Waals surface area contributed by atoms with E-state index in [2.05, 4.69) is 9.71 Å². The van der Waals surface area contributed by atoms with E-state index < -0.39 is 21.2 Å². The van der Waals surface area contributed by atoms with Gasteiger partial charge in [-0.05, 0) is 37.5 Å². The van der Waals surface area contributed by atoms with Crippen LogP contribution in [0.5, 0.6) is 0 Å². The molecule has 6 nitrogen and oxygen atoms in total. The largest absolute Gasteiger partial charge is 0.480 e. The number of nitrogens with one attached hydrogen (secondary N) is 1. The number of hydrogen-bond donors (Lipinski definition) is 2. The van der Waals surface area contributed by atoms with Crippen LogP contribution in [0.25, 0.3) is 0 Å². The molecule has 21 heavy (non-hydrogen) atoms. The Kier molecular flexibility index (Phi) is 4.29. The van der Waals surface area contributed by atoms with Crippen LogP contribution >= 0.6 is 11.8 Å². The Labute approximate surface area is 127 Å². The molecule has 1 atom stereocenters. The Morgan fingerprint density at radius 2 is 2.10 bits per heavy atom. The summed E-state index contributed by atoms with van der Waals surface area (Å²) in [4.78, 5) is 11.2. The molecule has 0 aliphatic carbocycles. The lowest BCUT2D eigenvalue weighted by Gasteiger charge is -2.21. The van der Waals surface area contributed by atoms with Crippen LogP contribution in [0.4, 0.5) is 5.69 Å². The fourth-order valence-electron chi connectivity index (χ4n) is 2.18. The summed E-state index contributed by atoms with van der Waals surface area (Å²) in [5.74, 6) is -0.990. The molecule has 0 amide bonds. The molecule has 0 saturated heterocycles. The lowest BCUT2D eigenvalue weighted by atomic mass is 10.1. The number of carboxylic acids is 1. The van der Waals surface area contributed by atoms with Crippen LogP contribution in [0, 0.1) is 13.8 Å². The molecule has 0 aromatic heterocycles. The van der Waals surface area contributed by atoms with Gasteiger partial charge in [0, 0.05) is 0 Å². The number of sulfonamides is 1. The first-order chi connectivity index (χ1) is 9.74. The molecule has 0 fully saturated rings. The summed E-state index contributed by atoms with van der Waals surface area (Å²) >= 11 is 0.912. The van der Waals surface area contributed by atoms with Crippen molar-refractivity contribution in [2.24, 2.45) is 4.40 Å². The van der Waals surface area contributed by atoms with Crippen molar-refractivity contribution >= 4 is 38.6 Å². The number of aliphatic carboxylic acids is 1. The third-order valence-electron chi connectivity index (χ3n) is 3.02. The molecule has 1 heterocycles. The lowest BCUT2D eigenvalue weighted by Crippen LogP contribution is -2.25. The van der Waals surface area contributed by atoms with Gasteiger partial charge < -0.3 is 10.4 Å². The first-order valence-corrected chi connectivity index (χ1v) is 8.69. The first kappa shape index (κ1) is 15.8. The van der Waals surface area contributed by atoms with Gasteiger partial charge in [0.05, 0.1) is 5.69 Å². The minimum atomic E-state index is -3.81. The van der Waals surface area contributed by atoms with Gasteiger partial charge in [-0.3, -0.25) is 4.79 Å². The van der Waals surface area contributed by atoms with Crippen molar-refractivity contribution in [3.8, 4) is 0 Å². The van der Waals surface area contributed by atoms with E-state index in [1.54, 1.807) is 26.0 Å². The Bertz CT molecular complexity index is 726. The van der Waals surface area contributed by atoms with Gasteiger partial charge in [0.1, 0.15) is 10.1 Å². The second-order valence-electron chi connectivity index (χ2n) is 4.81. The minimum absolute atomic E-state index is 0.0988. The number of fused-ring (bicyclic) bond motifs is 1. The number of nitrogens with zero attached hydrogens (tertiary/aromatic N) is 1. The quantitative estimate of drug-likeness (QED) is 0.884. The van der Waals surface area contributed by atoms with E-state index >= 15 is 0 Å². The average Bonchev–Trinajstić information content (AvgIpc) is 2.32. The second-order valence-corrected chi connectivity index (χ2v) is 7.54. The minimum Gasteiger partial charge on any atom is -0.480 e. The molecule has 8 heteroatoms. The zero-order chi connectivity index (χ0) is 15.8. The number of hydrogen-bond acceptors (Lipinski definition) is 5. The summed E-state index contributed by atoms with van der Waals surface area (Å²) in [6, 6.07) is 3.49. The van der Waals surface area contributed by atoms with Crippen molar-refractivity contribution in [1.29, 1.82) is 0 Å². The van der Waals surface area contributed by atoms with Gasteiger partial charge >= 0.3 is 5.97 Å². The standard InChI is InChI=1S/C13H16N2O4S2/c1-4-10(12(16)17)20-13-14-9-6-7(2)5-8(3)11(9)21(18,19)15-13/h5-6,10H,4H2,1-3H3,(H,14,15)(H,16,17). The Morgan fingerprint density at radius 1 is 1.43 bits per heavy atom. The van der Waals surface area contributed by atoms with Gasteiger partial charge in [-0.2, -0.15) is 8.42 Å². The summed E-state index contributed by atoms with van der Waals surface area (Å²) in [5, 5.41) is 11.4. The first-order valence-electron chi connectivity index (χ1n) is 6.37. The van der Waals surface area contributed by atoms with Crippen molar-refractivity contribution in [1.82, 2.24) is 0 Å². The number of carboxylic acid groups (broad SMARTS) is 1. The number of amidine groups is 1. The second kappa shape index (κ2) is 5.69. The predicted octanol–water partition coefficient (Wildman–Crippen LogP) is 2.37. The van der Waals surface area contributed by atoms with Crippen LogP contribution < -0.4 is 5.32 Å². The van der Waals surface area contributed by atoms with Gasteiger partial charge in [-0.1, -0.05) is 24.8 Å². The van der Waals surface area contributed by atoms with Crippen molar-refractivity contribution in [3.63, 3.8) is 0 Å². The number of anilines is 1. The zero-order valence-corrected chi connectivity index (χ0v) is 13.5. The topological polar surface area (TPSA) is 95.8 Å². The number of rotatable bonds is 3.